The molecular formula is C19H16BrF3O5. The smallest absolute Gasteiger partial charge is 0.414 e. The Labute approximate surface area is 167 Å². The number of hydrogen-bond acceptors (Lipinski definition) is 5. The average molecular weight is 461 g/mol. The van der Waals surface area contributed by atoms with E-state index in [1.54, 1.807) is 6.07 Å². The van der Waals surface area contributed by atoms with Crippen molar-refractivity contribution in [2.45, 2.75) is 26.4 Å². The first kappa shape index (κ1) is 20.6. The van der Waals surface area contributed by atoms with Crippen LogP contribution in [-0.4, -0.2) is 37.1 Å². The van der Waals surface area contributed by atoms with Gasteiger partial charge in [0.1, 0.15) is 5.92 Å². The highest BCUT2D eigenvalue weighted by molar-refractivity contribution is 9.10. The molecule has 1 spiro atoms. The van der Waals surface area contributed by atoms with Crippen molar-refractivity contribution in [2.24, 2.45) is 11.3 Å². The SMILES string of the molecule is CCOC(=O)C1=C(C(F)(F)F)[C@@]2(Cc3cc(Br)ccc3C2=O)[C@H]1C(=O)OCC. The van der Waals surface area contributed by atoms with Crippen LogP contribution in [0.25, 0.3) is 0 Å². The largest absolute Gasteiger partial charge is 0.465 e. The number of benzene rings is 1. The van der Waals surface area contributed by atoms with E-state index < -0.39 is 46.4 Å². The minimum absolute atomic E-state index is 0.0992. The van der Waals surface area contributed by atoms with Crippen molar-refractivity contribution < 1.29 is 37.0 Å². The van der Waals surface area contributed by atoms with Crippen LogP contribution >= 0.6 is 15.9 Å². The maximum atomic E-state index is 14.0. The van der Waals surface area contributed by atoms with Gasteiger partial charge >= 0.3 is 18.1 Å². The lowest BCUT2D eigenvalue weighted by Gasteiger charge is -2.47. The van der Waals surface area contributed by atoms with Gasteiger partial charge < -0.3 is 9.47 Å². The predicted octanol–water partition coefficient (Wildman–Crippen LogP) is 3.79. The number of alkyl halides is 3. The number of fused-ring (bicyclic) bond motifs is 1. The Bertz CT molecular complexity index is 905. The molecule has 0 radical (unpaired) electrons. The van der Waals surface area contributed by atoms with E-state index in [0.717, 1.165) is 0 Å². The molecule has 2 atom stereocenters. The predicted molar refractivity (Wildman–Crippen MR) is 94.4 cm³/mol. The molecular weight excluding hydrogens is 445 g/mol. The molecule has 0 saturated heterocycles. The Hall–Kier alpha value is -2.16. The van der Waals surface area contributed by atoms with Gasteiger partial charge in [-0.1, -0.05) is 15.9 Å². The van der Waals surface area contributed by atoms with Gasteiger partial charge in [0.15, 0.2) is 5.78 Å². The summed E-state index contributed by atoms with van der Waals surface area (Å²) >= 11 is 3.23. The summed E-state index contributed by atoms with van der Waals surface area (Å²) in [5, 5.41) is 0. The van der Waals surface area contributed by atoms with Gasteiger partial charge in [-0.25, -0.2) is 4.79 Å². The fraction of sp³-hybridized carbons (Fsp3) is 0.421. The van der Waals surface area contributed by atoms with Crippen LogP contribution in [0.3, 0.4) is 0 Å². The number of esters is 2. The van der Waals surface area contributed by atoms with Crippen LogP contribution in [0.2, 0.25) is 0 Å². The van der Waals surface area contributed by atoms with E-state index in [-0.39, 0.29) is 25.2 Å². The van der Waals surface area contributed by atoms with Gasteiger partial charge in [0, 0.05) is 10.0 Å². The summed E-state index contributed by atoms with van der Waals surface area (Å²) < 4.78 is 52.1. The normalized spacial score (nSPS) is 23.5. The zero-order chi connectivity index (χ0) is 20.9. The molecule has 1 aromatic carbocycles. The third kappa shape index (κ3) is 2.87. The molecule has 0 saturated carbocycles. The van der Waals surface area contributed by atoms with E-state index in [2.05, 4.69) is 15.9 Å². The molecule has 0 N–H and O–H groups in total. The topological polar surface area (TPSA) is 69.7 Å². The molecule has 0 fully saturated rings. The van der Waals surface area contributed by atoms with Gasteiger partial charge in [0.25, 0.3) is 0 Å². The monoisotopic (exact) mass is 460 g/mol. The Morgan fingerprint density at radius 3 is 2.43 bits per heavy atom. The fourth-order valence-corrected chi connectivity index (χ4v) is 4.47. The number of allylic oxidation sites excluding steroid dienone is 1. The summed E-state index contributed by atoms with van der Waals surface area (Å²) in [6, 6.07) is 4.49. The van der Waals surface area contributed by atoms with Crippen molar-refractivity contribution >= 4 is 33.7 Å². The van der Waals surface area contributed by atoms with Gasteiger partial charge in [0.05, 0.1) is 29.8 Å². The Kier molecular flexibility index (Phi) is 5.16. The van der Waals surface area contributed by atoms with Gasteiger partial charge in [-0.05, 0) is 44.0 Å². The second kappa shape index (κ2) is 7.02. The van der Waals surface area contributed by atoms with Crippen molar-refractivity contribution in [3.8, 4) is 0 Å². The van der Waals surface area contributed by atoms with Gasteiger partial charge in [-0.3, -0.25) is 9.59 Å². The minimum Gasteiger partial charge on any atom is -0.465 e. The van der Waals surface area contributed by atoms with E-state index in [1.807, 2.05) is 0 Å². The van der Waals surface area contributed by atoms with E-state index in [4.69, 9.17) is 9.47 Å². The summed E-state index contributed by atoms with van der Waals surface area (Å²) in [5.74, 6) is -4.81. The van der Waals surface area contributed by atoms with E-state index in [0.29, 0.717) is 10.0 Å². The number of rotatable bonds is 4. The molecule has 0 aromatic heterocycles. The third-order valence-corrected chi connectivity index (χ3v) is 5.48. The highest BCUT2D eigenvalue weighted by Gasteiger charge is 2.72. The number of ether oxygens (including phenoxy) is 2. The van der Waals surface area contributed by atoms with Crippen LogP contribution in [0, 0.1) is 11.3 Å². The lowest BCUT2D eigenvalue weighted by molar-refractivity contribution is -0.162. The number of carbonyl (C=O) groups is 3. The molecule has 3 rings (SSSR count). The molecule has 5 nitrogen and oxygen atoms in total. The first-order chi connectivity index (χ1) is 13.1. The minimum atomic E-state index is -4.99. The van der Waals surface area contributed by atoms with Crippen molar-refractivity contribution in [2.75, 3.05) is 13.2 Å². The maximum Gasteiger partial charge on any atom is 0.414 e. The van der Waals surface area contributed by atoms with Crippen LogP contribution in [-0.2, 0) is 25.5 Å². The third-order valence-electron chi connectivity index (χ3n) is 4.98. The zero-order valence-electron chi connectivity index (χ0n) is 15.0. The van der Waals surface area contributed by atoms with Crippen molar-refractivity contribution in [3.63, 3.8) is 0 Å². The van der Waals surface area contributed by atoms with Crippen LogP contribution in [0.1, 0.15) is 29.8 Å². The summed E-state index contributed by atoms with van der Waals surface area (Å²) in [4.78, 5) is 37.9. The standard InChI is InChI=1S/C19H16BrF3O5/c1-3-27-16(25)12-13(17(26)28-4-2)18(14(12)19(21,22)23)8-9-7-10(20)5-6-11(9)15(18)24/h5-7,13H,3-4,8H2,1-2H3/t13-,18-/m1/s1. The summed E-state index contributed by atoms with van der Waals surface area (Å²) in [6.07, 6.45) is -5.33. The van der Waals surface area contributed by atoms with Crippen molar-refractivity contribution in [1.29, 1.82) is 0 Å². The summed E-state index contributed by atoms with van der Waals surface area (Å²) in [6.45, 7) is 2.66. The summed E-state index contributed by atoms with van der Waals surface area (Å²) in [7, 11) is 0. The van der Waals surface area contributed by atoms with E-state index in [9.17, 15) is 27.6 Å². The molecule has 0 unspecified atom stereocenters. The average Bonchev–Trinajstić information content (AvgIpc) is 2.85. The summed E-state index contributed by atoms with van der Waals surface area (Å²) in [5.41, 5.74) is -3.89. The Morgan fingerprint density at radius 2 is 1.86 bits per heavy atom. The second-order valence-corrected chi connectivity index (χ2v) is 7.39. The molecule has 150 valence electrons. The van der Waals surface area contributed by atoms with Crippen LogP contribution in [0.5, 0.6) is 0 Å². The molecule has 0 aliphatic heterocycles. The van der Waals surface area contributed by atoms with Gasteiger partial charge in [0.2, 0.25) is 0 Å². The lowest BCUT2D eigenvalue weighted by Crippen LogP contribution is -2.58. The molecule has 2 aliphatic carbocycles. The van der Waals surface area contributed by atoms with Crippen LogP contribution in [0.15, 0.2) is 33.8 Å². The van der Waals surface area contributed by atoms with Gasteiger partial charge in [-0.2, -0.15) is 13.2 Å². The Balaban J connectivity index is 2.24. The molecule has 2 aliphatic rings. The Morgan fingerprint density at radius 1 is 1.21 bits per heavy atom. The quantitative estimate of drug-likeness (QED) is 0.639. The second-order valence-electron chi connectivity index (χ2n) is 6.47. The van der Waals surface area contributed by atoms with Crippen molar-refractivity contribution in [1.82, 2.24) is 0 Å². The molecule has 0 amide bonds. The number of ketones is 1. The molecule has 28 heavy (non-hydrogen) atoms. The van der Waals surface area contributed by atoms with E-state index in [1.165, 1.54) is 26.0 Å². The lowest BCUT2D eigenvalue weighted by atomic mass is 9.53. The molecule has 1 aromatic rings. The number of Topliss-reactive ketones (excluding diaryl/α,β-unsaturated/α-hetero) is 1. The zero-order valence-corrected chi connectivity index (χ0v) is 16.6. The first-order valence-corrected chi connectivity index (χ1v) is 9.37. The van der Waals surface area contributed by atoms with Crippen molar-refractivity contribution in [3.05, 3.63) is 44.9 Å². The highest BCUT2D eigenvalue weighted by atomic mass is 79.9. The van der Waals surface area contributed by atoms with Crippen LogP contribution in [0.4, 0.5) is 13.2 Å². The van der Waals surface area contributed by atoms with Crippen LogP contribution < -0.4 is 0 Å². The number of carbonyl (C=O) groups excluding carboxylic acids is 3. The molecule has 0 heterocycles. The highest BCUT2D eigenvalue weighted by Crippen LogP contribution is 2.63. The van der Waals surface area contributed by atoms with Gasteiger partial charge in [-0.15, -0.1) is 0 Å². The maximum absolute atomic E-state index is 14.0. The molecule has 0 bridgehead atoms. The first-order valence-electron chi connectivity index (χ1n) is 8.58. The number of halogens is 4. The molecule has 9 heteroatoms. The number of hydrogen-bond donors (Lipinski definition) is 0. The van der Waals surface area contributed by atoms with E-state index >= 15 is 0 Å². The fourth-order valence-electron chi connectivity index (χ4n) is 4.06.